The average molecular weight is 349 g/mol. The molecule has 1 aromatic carbocycles. The minimum Gasteiger partial charge on any atom is -0.355 e. The topological polar surface area (TPSA) is 58.2 Å². The zero-order valence-electron chi connectivity index (χ0n) is 14.4. The summed E-state index contributed by atoms with van der Waals surface area (Å²) in [5.41, 5.74) is 3.91. The number of nitrogens with one attached hydrogen (secondary N) is 2. The molecule has 0 bridgehead atoms. The molecule has 0 atom stereocenters. The van der Waals surface area contributed by atoms with Crippen molar-refractivity contribution in [1.82, 2.24) is 5.32 Å². The molecule has 0 spiro atoms. The Morgan fingerprint density at radius 1 is 1.17 bits per heavy atom. The van der Waals surface area contributed by atoms with Crippen molar-refractivity contribution in [3.05, 3.63) is 39.9 Å². The molecular formula is C19H25ClN2O2. The van der Waals surface area contributed by atoms with Crippen molar-refractivity contribution < 1.29 is 9.59 Å². The molecule has 0 aliphatic heterocycles. The lowest BCUT2D eigenvalue weighted by Gasteiger charge is -2.13. The van der Waals surface area contributed by atoms with Crippen molar-refractivity contribution in [2.75, 3.05) is 11.9 Å². The van der Waals surface area contributed by atoms with Crippen LogP contribution in [0, 0.1) is 13.8 Å². The Kier molecular flexibility index (Phi) is 6.85. The van der Waals surface area contributed by atoms with E-state index in [0.717, 1.165) is 30.4 Å². The molecule has 4 nitrogen and oxygen atoms in total. The second-order valence-corrected chi connectivity index (χ2v) is 6.78. The van der Waals surface area contributed by atoms with Crippen LogP contribution in [0.3, 0.4) is 0 Å². The molecule has 0 aromatic heterocycles. The number of anilines is 1. The van der Waals surface area contributed by atoms with Gasteiger partial charge in [0.2, 0.25) is 11.8 Å². The molecule has 24 heavy (non-hydrogen) atoms. The maximum absolute atomic E-state index is 12.0. The maximum atomic E-state index is 12.0. The Morgan fingerprint density at radius 2 is 1.96 bits per heavy atom. The minimum absolute atomic E-state index is 0.192. The van der Waals surface area contributed by atoms with Crippen molar-refractivity contribution in [2.45, 2.75) is 52.4 Å². The first kappa shape index (κ1) is 18.5. The minimum atomic E-state index is -0.349. The number of hydrogen-bond donors (Lipinski definition) is 2. The van der Waals surface area contributed by atoms with Gasteiger partial charge < -0.3 is 10.6 Å². The van der Waals surface area contributed by atoms with Gasteiger partial charge in [0.15, 0.2) is 0 Å². The van der Waals surface area contributed by atoms with Gasteiger partial charge in [-0.2, -0.15) is 0 Å². The molecule has 1 aliphatic carbocycles. The number of benzene rings is 1. The van der Waals surface area contributed by atoms with Gasteiger partial charge in [-0.1, -0.05) is 29.3 Å². The second-order valence-electron chi connectivity index (χ2n) is 6.37. The van der Waals surface area contributed by atoms with Gasteiger partial charge in [0.25, 0.3) is 0 Å². The molecule has 1 aromatic rings. The van der Waals surface area contributed by atoms with E-state index >= 15 is 0 Å². The standard InChI is InChI=1S/C19H25ClN2O2/c1-13-10-14(2)19(16(20)11-13)22-18(24)12-17(23)21-9-8-15-6-4-3-5-7-15/h6,10-11H,3-5,7-9,12H2,1-2H3,(H,21,23)(H,22,24). The highest BCUT2D eigenvalue weighted by atomic mass is 35.5. The van der Waals surface area contributed by atoms with Crippen molar-refractivity contribution in [1.29, 1.82) is 0 Å². The molecule has 0 fully saturated rings. The Bertz CT molecular complexity index is 630. The normalized spacial score (nSPS) is 14.0. The number of hydrogen-bond acceptors (Lipinski definition) is 2. The first-order valence-corrected chi connectivity index (χ1v) is 8.84. The highest BCUT2D eigenvalue weighted by Gasteiger charge is 2.13. The summed E-state index contributed by atoms with van der Waals surface area (Å²) in [4.78, 5) is 23.9. The van der Waals surface area contributed by atoms with E-state index in [1.165, 1.54) is 18.4 Å². The van der Waals surface area contributed by atoms with Gasteiger partial charge in [-0.15, -0.1) is 0 Å². The van der Waals surface area contributed by atoms with E-state index in [1.54, 1.807) is 6.07 Å². The summed E-state index contributed by atoms with van der Waals surface area (Å²) in [6, 6.07) is 3.74. The van der Waals surface area contributed by atoms with E-state index < -0.39 is 0 Å². The molecule has 0 heterocycles. The second kappa shape index (κ2) is 8.88. The van der Waals surface area contributed by atoms with E-state index in [1.807, 2.05) is 19.9 Å². The van der Waals surface area contributed by atoms with Crippen molar-refractivity contribution in [3.8, 4) is 0 Å². The average Bonchev–Trinajstić information content (AvgIpc) is 2.52. The van der Waals surface area contributed by atoms with Gasteiger partial charge in [0.1, 0.15) is 6.42 Å². The number of aryl methyl sites for hydroxylation is 2. The molecule has 130 valence electrons. The largest absolute Gasteiger partial charge is 0.355 e. The lowest BCUT2D eigenvalue weighted by molar-refractivity contribution is -0.126. The third kappa shape index (κ3) is 5.68. The highest BCUT2D eigenvalue weighted by molar-refractivity contribution is 6.34. The van der Waals surface area contributed by atoms with Gasteiger partial charge in [0, 0.05) is 6.54 Å². The number of carbonyl (C=O) groups is 2. The summed E-state index contributed by atoms with van der Waals surface area (Å²) in [6.07, 6.45) is 7.71. The summed E-state index contributed by atoms with van der Waals surface area (Å²) < 4.78 is 0. The van der Waals surface area contributed by atoms with Gasteiger partial charge in [-0.25, -0.2) is 0 Å². The maximum Gasteiger partial charge on any atom is 0.233 e. The monoisotopic (exact) mass is 348 g/mol. The van der Waals surface area contributed by atoms with Crippen molar-refractivity contribution in [2.24, 2.45) is 0 Å². The Balaban J connectivity index is 1.77. The van der Waals surface area contributed by atoms with Crippen LogP contribution in [0.2, 0.25) is 5.02 Å². The zero-order valence-corrected chi connectivity index (χ0v) is 15.1. The van der Waals surface area contributed by atoms with Crippen molar-refractivity contribution in [3.63, 3.8) is 0 Å². The fourth-order valence-corrected chi connectivity index (χ4v) is 3.33. The summed E-state index contributed by atoms with van der Waals surface area (Å²) >= 11 is 6.16. The Morgan fingerprint density at radius 3 is 2.62 bits per heavy atom. The van der Waals surface area contributed by atoms with Crippen LogP contribution < -0.4 is 10.6 Å². The van der Waals surface area contributed by atoms with Crippen LogP contribution in [0.1, 0.15) is 49.7 Å². The van der Waals surface area contributed by atoms with Gasteiger partial charge >= 0.3 is 0 Å². The third-order valence-corrected chi connectivity index (χ3v) is 4.47. The fraction of sp³-hybridized carbons (Fsp3) is 0.474. The summed E-state index contributed by atoms with van der Waals surface area (Å²) in [6.45, 7) is 4.41. The number of halogens is 1. The Labute approximate surface area is 148 Å². The molecule has 1 aliphatic rings. The molecule has 0 radical (unpaired) electrons. The molecule has 0 unspecified atom stereocenters. The molecule has 0 saturated carbocycles. The highest BCUT2D eigenvalue weighted by Crippen LogP contribution is 2.27. The summed E-state index contributed by atoms with van der Waals surface area (Å²) in [7, 11) is 0. The first-order valence-electron chi connectivity index (χ1n) is 8.47. The van der Waals surface area contributed by atoms with Crippen LogP contribution in [0.4, 0.5) is 5.69 Å². The lowest BCUT2D eigenvalue weighted by Crippen LogP contribution is -2.29. The van der Waals surface area contributed by atoms with Crippen LogP contribution >= 0.6 is 11.6 Å². The van der Waals surface area contributed by atoms with Crippen LogP contribution in [-0.2, 0) is 9.59 Å². The van der Waals surface area contributed by atoms with E-state index in [9.17, 15) is 9.59 Å². The predicted octanol–water partition coefficient (Wildman–Crippen LogP) is 4.29. The van der Waals surface area contributed by atoms with Crippen LogP contribution in [0.5, 0.6) is 0 Å². The molecule has 2 rings (SSSR count). The zero-order chi connectivity index (χ0) is 17.5. The number of allylic oxidation sites excluding steroid dienone is 1. The lowest BCUT2D eigenvalue weighted by atomic mass is 9.97. The summed E-state index contributed by atoms with van der Waals surface area (Å²) in [5.74, 6) is -0.608. The molecule has 2 N–H and O–H groups in total. The third-order valence-electron chi connectivity index (χ3n) is 4.17. The fourth-order valence-electron chi connectivity index (χ4n) is 2.96. The molecule has 2 amide bonds. The van der Waals surface area contributed by atoms with Gasteiger partial charge in [-0.05, 0) is 63.1 Å². The molecule has 5 heteroatoms. The van der Waals surface area contributed by atoms with Gasteiger partial charge in [0.05, 0.1) is 10.7 Å². The first-order chi connectivity index (χ1) is 11.5. The number of rotatable bonds is 6. The van der Waals surface area contributed by atoms with Crippen LogP contribution in [0.25, 0.3) is 0 Å². The number of amides is 2. The number of carbonyl (C=O) groups excluding carboxylic acids is 2. The molecular weight excluding hydrogens is 324 g/mol. The molecule has 0 saturated heterocycles. The van der Waals surface area contributed by atoms with E-state index in [2.05, 4.69) is 16.7 Å². The van der Waals surface area contributed by atoms with Crippen LogP contribution in [0.15, 0.2) is 23.8 Å². The smallest absolute Gasteiger partial charge is 0.233 e. The van der Waals surface area contributed by atoms with E-state index in [4.69, 9.17) is 11.6 Å². The van der Waals surface area contributed by atoms with Gasteiger partial charge in [-0.3, -0.25) is 9.59 Å². The van der Waals surface area contributed by atoms with Crippen LogP contribution in [-0.4, -0.2) is 18.4 Å². The van der Waals surface area contributed by atoms with Crippen molar-refractivity contribution >= 4 is 29.1 Å². The van der Waals surface area contributed by atoms with E-state index in [-0.39, 0.29) is 18.2 Å². The summed E-state index contributed by atoms with van der Waals surface area (Å²) in [5, 5.41) is 6.04. The Hall–Kier alpha value is -1.81. The van der Waals surface area contributed by atoms with E-state index in [0.29, 0.717) is 17.3 Å². The SMILES string of the molecule is Cc1cc(C)c(NC(=O)CC(=O)NCCC2=CCCCC2)c(Cl)c1. The quantitative estimate of drug-likeness (QED) is 0.595. The predicted molar refractivity (Wildman–Crippen MR) is 98.4 cm³/mol.